The second kappa shape index (κ2) is 6.84. The van der Waals surface area contributed by atoms with E-state index < -0.39 is 0 Å². The highest BCUT2D eigenvalue weighted by Crippen LogP contribution is 2.45. The third-order valence-corrected chi connectivity index (χ3v) is 5.25. The van der Waals surface area contributed by atoms with Gasteiger partial charge in [0.15, 0.2) is 0 Å². The molecule has 0 saturated carbocycles. The Morgan fingerprint density at radius 1 is 0.704 bits per heavy atom. The van der Waals surface area contributed by atoms with Gasteiger partial charge in [0.05, 0.1) is 0 Å². The van der Waals surface area contributed by atoms with E-state index in [0.29, 0.717) is 0 Å². The molecule has 4 rings (SSSR count). The number of hydrogen-bond donors (Lipinski definition) is 3. The Bertz CT molecular complexity index is 1130. The van der Waals surface area contributed by atoms with Crippen molar-refractivity contribution < 1.29 is 15.3 Å². The number of phenols is 3. The molecule has 0 bridgehead atoms. The van der Waals surface area contributed by atoms with Gasteiger partial charge < -0.3 is 15.3 Å². The summed E-state index contributed by atoms with van der Waals surface area (Å²) in [6, 6.07) is 20.3. The number of rotatable bonds is 4. The molecular weight excluding hydrogens is 336 g/mol. The van der Waals surface area contributed by atoms with Crippen LogP contribution in [-0.2, 0) is 0 Å². The lowest BCUT2D eigenvalue weighted by atomic mass is 9.81. The van der Waals surface area contributed by atoms with Crippen LogP contribution in [0, 0.1) is 0 Å². The van der Waals surface area contributed by atoms with Crippen molar-refractivity contribution in [3.8, 4) is 17.2 Å². The van der Waals surface area contributed by atoms with Gasteiger partial charge in [0.1, 0.15) is 17.2 Å². The zero-order valence-electron chi connectivity index (χ0n) is 15.2. The van der Waals surface area contributed by atoms with Gasteiger partial charge in [-0.2, -0.15) is 0 Å². The molecule has 0 radical (unpaired) electrons. The quantitative estimate of drug-likeness (QED) is 0.417. The number of hydrogen-bond acceptors (Lipinski definition) is 3. The Labute approximate surface area is 158 Å². The molecule has 27 heavy (non-hydrogen) atoms. The molecule has 1 unspecified atom stereocenters. The zero-order valence-corrected chi connectivity index (χ0v) is 15.2. The van der Waals surface area contributed by atoms with Gasteiger partial charge in [-0.25, -0.2) is 0 Å². The molecule has 3 heteroatoms. The fourth-order valence-corrected chi connectivity index (χ4v) is 4.06. The molecule has 3 N–H and O–H groups in total. The summed E-state index contributed by atoms with van der Waals surface area (Å²) in [4.78, 5) is 0. The van der Waals surface area contributed by atoms with Gasteiger partial charge in [-0.05, 0) is 52.2 Å². The average Bonchev–Trinajstić information content (AvgIpc) is 2.67. The van der Waals surface area contributed by atoms with E-state index in [2.05, 4.69) is 6.92 Å². The third-order valence-electron chi connectivity index (χ3n) is 5.25. The van der Waals surface area contributed by atoms with Crippen LogP contribution in [0.5, 0.6) is 17.2 Å². The number of benzene rings is 4. The first-order valence-corrected chi connectivity index (χ1v) is 9.25. The fourth-order valence-electron chi connectivity index (χ4n) is 4.06. The highest BCUT2D eigenvalue weighted by atomic mass is 16.3. The normalized spacial score (nSPS) is 12.5. The number of fused-ring (bicyclic) bond motifs is 2. The van der Waals surface area contributed by atoms with Gasteiger partial charge in [0.25, 0.3) is 0 Å². The largest absolute Gasteiger partial charge is 0.508 e. The highest BCUT2D eigenvalue weighted by molar-refractivity contribution is 5.93. The van der Waals surface area contributed by atoms with Crippen molar-refractivity contribution in [1.29, 1.82) is 0 Å². The van der Waals surface area contributed by atoms with Gasteiger partial charge in [-0.1, -0.05) is 55.8 Å². The van der Waals surface area contributed by atoms with Gasteiger partial charge in [0.2, 0.25) is 0 Å². The van der Waals surface area contributed by atoms with Crippen LogP contribution in [0.25, 0.3) is 21.5 Å². The molecule has 0 amide bonds. The van der Waals surface area contributed by atoms with Crippen LogP contribution in [0.3, 0.4) is 0 Å². The summed E-state index contributed by atoms with van der Waals surface area (Å²) in [7, 11) is 0. The molecule has 136 valence electrons. The maximum atomic E-state index is 10.8. The van der Waals surface area contributed by atoms with E-state index in [1.807, 2.05) is 42.5 Å². The molecule has 0 heterocycles. The molecule has 0 aliphatic carbocycles. The van der Waals surface area contributed by atoms with Gasteiger partial charge >= 0.3 is 0 Å². The molecule has 0 aliphatic rings. The lowest BCUT2D eigenvalue weighted by Crippen LogP contribution is -2.04. The first-order chi connectivity index (χ1) is 13.1. The Balaban J connectivity index is 2.07. The van der Waals surface area contributed by atoms with Crippen LogP contribution in [-0.4, -0.2) is 15.3 Å². The molecule has 0 fully saturated rings. The smallest absolute Gasteiger partial charge is 0.120 e. The summed E-state index contributed by atoms with van der Waals surface area (Å²) in [6.07, 6.45) is 1.66. The van der Waals surface area contributed by atoms with Crippen LogP contribution in [0.4, 0.5) is 0 Å². The molecular formula is C24H22O3. The minimum absolute atomic E-state index is 0.159. The van der Waals surface area contributed by atoms with E-state index in [4.69, 9.17) is 0 Å². The summed E-state index contributed by atoms with van der Waals surface area (Å²) in [6.45, 7) is 2.09. The van der Waals surface area contributed by atoms with Crippen molar-refractivity contribution in [1.82, 2.24) is 0 Å². The summed E-state index contributed by atoms with van der Waals surface area (Å²) in [5, 5.41) is 35.3. The van der Waals surface area contributed by atoms with Crippen LogP contribution >= 0.6 is 0 Å². The van der Waals surface area contributed by atoms with Crippen LogP contribution in [0.15, 0.2) is 66.7 Å². The van der Waals surface area contributed by atoms with Crippen molar-refractivity contribution >= 4 is 21.5 Å². The first-order valence-electron chi connectivity index (χ1n) is 9.25. The van der Waals surface area contributed by atoms with Crippen LogP contribution in [0.1, 0.15) is 36.8 Å². The SMILES string of the molecule is CCCC(c1c(O)ccc2ccccc12)c1c(O)ccc2ccc(O)cc12. The summed E-state index contributed by atoms with van der Waals surface area (Å²) in [5.41, 5.74) is 1.57. The Morgan fingerprint density at radius 3 is 2.00 bits per heavy atom. The molecule has 0 aromatic heterocycles. The maximum absolute atomic E-state index is 10.8. The highest BCUT2D eigenvalue weighted by Gasteiger charge is 2.24. The van der Waals surface area contributed by atoms with Crippen molar-refractivity contribution in [3.63, 3.8) is 0 Å². The lowest BCUT2D eigenvalue weighted by Gasteiger charge is -2.23. The molecule has 0 saturated heterocycles. The molecule has 4 aromatic carbocycles. The van der Waals surface area contributed by atoms with Crippen LogP contribution in [0.2, 0.25) is 0 Å². The Hall–Kier alpha value is -3.20. The number of phenolic OH excluding ortho intramolecular Hbond substituents is 3. The van der Waals surface area contributed by atoms with Crippen molar-refractivity contribution in [2.24, 2.45) is 0 Å². The third kappa shape index (κ3) is 2.95. The standard InChI is InChI=1S/C24H22O3/c1-2-5-19(23-18-7-4-3-6-15(18)9-12-21(23)26)24-20-14-17(25)11-8-16(20)10-13-22(24)27/h3-4,6-14,19,25-27H,2,5H2,1H3. The molecule has 3 nitrogen and oxygen atoms in total. The Kier molecular flexibility index (Phi) is 4.36. The summed E-state index contributed by atoms with van der Waals surface area (Å²) < 4.78 is 0. The second-order valence-corrected chi connectivity index (χ2v) is 6.96. The zero-order chi connectivity index (χ0) is 19.0. The van der Waals surface area contributed by atoms with Crippen LogP contribution < -0.4 is 0 Å². The summed E-state index contributed by atoms with van der Waals surface area (Å²) >= 11 is 0. The second-order valence-electron chi connectivity index (χ2n) is 6.96. The maximum Gasteiger partial charge on any atom is 0.120 e. The lowest BCUT2D eigenvalue weighted by molar-refractivity contribution is 0.453. The molecule has 4 aromatic rings. The van der Waals surface area contributed by atoms with Gasteiger partial charge in [-0.3, -0.25) is 0 Å². The number of aromatic hydroxyl groups is 3. The summed E-state index contributed by atoms with van der Waals surface area (Å²) in [5.74, 6) is 0.376. The average molecular weight is 358 g/mol. The fraction of sp³-hybridized carbons (Fsp3) is 0.167. The van der Waals surface area contributed by atoms with E-state index >= 15 is 0 Å². The van der Waals surface area contributed by atoms with E-state index in [1.54, 1.807) is 24.3 Å². The van der Waals surface area contributed by atoms with Crippen molar-refractivity contribution in [2.75, 3.05) is 0 Å². The van der Waals surface area contributed by atoms with E-state index in [0.717, 1.165) is 45.5 Å². The van der Waals surface area contributed by atoms with E-state index in [1.165, 1.54) is 0 Å². The van der Waals surface area contributed by atoms with E-state index in [-0.39, 0.29) is 23.2 Å². The first kappa shape index (κ1) is 17.2. The minimum Gasteiger partial charge on any atom is -0.508 e. The monoisotopic (exact) mass is 358 g/mol. The predicted octanol–water partition coefficient (Wildman–Crippen LogP) is 6.04. The van der Waals surface area contributed by atoms with Crippen molar-refractivity contribution in [3.05, 3.63) is 77.9 Å². The topological polar surface area (TPSA) is 60.7 Å². The minimum atomic E-state index is -0.188. The van der Waals surface area contributed by atoms with Gasteiger partial charge in [-0.15, -0.1) is 0 Å². The molecule has 0 spiro atoms. The van der Waals surface area contributed by atoms with Gasteiger partial charge in [0, 0.05) is 17.0 Å². The van der Waals surface area contributed by atoms with Crippen molar-refractivity contribution in [2.45, 2.75) is 25.7 Å². The Morgan fingerprint density at radius 2 is 1.30 bits per heavy atom. The molecule has 0 aliphatic heterocycles. The predicted molar refractivity (Wildman–Crippen MR) is 110 cm³/mol. The molecule has 1 atom stereocenters. The van der Waals surface area contributed by atoms with E-state index in [9.17, 15) is 15.3 Å².